The quantitative estimate of drug-likeness (QED) is 0.0436. The zero-order valence-electron chi connectivity index (χ0n) is 36.5. The van der Waals surface area contributed by atoms with Gasteiger partial charge in [-0.1, -0.05) is 166 Å². The first-order valence-electron chi connectivity index (χ1n) is 22.5. The molecule has 0 radical (unpaired) electrons. The van der Waals surface area contributed by atoms with Crippen molar-refractivity contribution in [3.05, 3.63) is 35.9 Å². The smallest absolute Gasteiger partial charge is 0.407 e. The van der Waals surface area contributed by atoms with Crippen LogP contribution in [0, 0.1) is 0 Å². The lowest BCUT2D eigenvalue weighted by atomic mass is 9.94. The van der Waals surface area contributed by atoms with E-state index in [2.05, 4.69) is 19.2 Å². The Morgan fingerprint density at radius 3 is 1.59 bits per heavy atom. The number of carbonyl (C=O) groups excluding carboxylic acids is 5. The fourth-order valence-corrected chi connectivity index (χ4v) is 7.49. The summed E-state index contributed by atoms with van der Waals surface area (Å²) in [5, 5.41) is 2.81. The van der Waals surface area contributed by atoms with Crippen LogP contribution in [0.2, 0.25) is 0 Å². The van der Waals surface area contributed by atoms with Crippen LogP contribution >= 0.6 is 0 Å². The number of amides is 2. The monoisotopic (exact) mass is 817 g/mol. The number of unbranched alkanes of at least 4 members (excludes halogenated alkanes) is 19. The molecule has 0 aliphatic carbocycles. The molecule has 0 bridgehead atoms. The Labute approximate surface area is 349 Å². The van der Waals surface area contributed by atoms with E-state index in [1.54, 1.807) is 4.90 Å². The maximum absolute atomic E-state index is 14.3. The average molecular weight is 817 g/mol. The Kier molecular flexibility index (Phi) is 27.2. The number of esters is 3. The van der Waals surface area contributed by atoms with Gasteiger partial charge in [-0.15, -0.1) is 0 Å². The van der Waals surface area contributed by atoms with Crippen molar-refractivity contribution in [2.45, 2.75) is 213 Å². The predicted octanol–water partition coefficient (Wildman–Crippen LogP) is 9.88. The molecular formula is C46H76N2O10. The second kappa shape index (κ2) is 31.3. The number of rotatable bonds is 31. The molecule has 1 N–H and O–H groups in total. The summed E-state index contributed by atoms with van der Waals surface area (Å²) in [5.41, 5.74) is 0.759. The van der Waals surface area contributed by atoms with Crippen LogP contribution in [0.15, 0.2) is 30.3 Å². The number of nitrogens with zero attached hydrogens (tertiary/aromatic N) is 1. The third-order valence-corrected chi connectivity index (χ3v) is 10.6. The number of ether oxygens (including phenoxy) is 5. The Bertz CT molecular complexity index is 1290. The average Bonchev–Trinajstić information content (AvgIpc) is 3.19. The van der Waals surface area contributed by atoms with Gasteiger partial charge in [0.2, 0.25) is 5.91 Å². The molecule has 0 unspecified atom stereocenters. The molecule has 1 aliphatic rings. The van der Waals surface area contributed by atoms with Gasteiger partial charge in [-0.2, -0.15) is 0 Å². The molecule has 1 heterocycles. The molecule has 0 saturated carbocycles. The number of benzene rings is 1. The van der Waals surface area contributed by atoms with Crippen LogP contribution in [-0.2, 0) is 49.5 Å². The standard InChI is InChI=1S/C46H76N2O10/c1-6-8-10-12-14-16-17-18-20-22-24-29-33-48(41(52)32-28-23-21-19-15-13-11-9-7-2)45-42(47-46(53)55-34-39-30-26-25-27-31-39)44(57-38(5)51)43(56-37(4)50)40(58-45)35-54-36(3)49/h25-27,30-31,40,42-45H,6-24,28-29,32-35H2,1-5H3,(H,47,53)/t40-,42-,43-,44-,45-/m1/s1. The van der Waals surface area contributed by atoms with Gasteiger partial charge in [0.05, 0.1) is 0 Å². The first kappa shape index (κ1) is 50.5. The van der Waals surface area contributed by atoms with Crippen molar-refractivity contribution in [3.63, 3.8) is 0 Å². The van der Waals surface area contributed by atoms with Crippen LogP contribution < -0.4 is 5.32 Å². The normalized spacial score (nSPS) is 18.9. The van der Waals surface area contributed by atoms with E-state index in [1.807, 2.05) is 30.3 Å². The van der Waals surface area contributed by atoms with Crippen molar-refractivity contribution in [1.82, 2.24) is 10.2 Å². The predicted molar refractivity (Wildman–Crippen MR) is 225 cm³/mol. The molecule has 1 saturated heterocycles. The lowest BCUT2D eigenvalue weighted by Gasteiger charge is -2.48. The summed E-state index contributed by atoms with van der Waals surface area (Å²) in [6.45, 7) is 8.04. The molecule has 58 heavy (non-hydrogen) atoms. The molecule has 12 nitrogen and oxygen atoms in total. The molecular weight excluding hydrogens is 741 g/mol. The van der Waals surface area contributed by atoms with E-state index in [0.29, 0.717) is 19.4 Å². The van der Waals surface area contributed by atoms with E-state index < -0.39 is 54.6 Å². The van der Waals surface area contributed by atoms with Gasteiger partial charge < -0.3 is 33.9 Å². The first-order chi connectivity index (χ1) is 28.1. The molecule has 0 spiro atoms. The van der Waals surface area contributed by atoms with E-state index in [1.165, 1.54) is 104 Å². The molecule has 12 heteroatoms. The van der Waals surface area contributed by atoms with E-state index >= 15 is 0 Å². The zero-order valence-corrected chi connectivity index (χ0v) is 36.5. The summed E-state index contributed by atoms with van der Waals surface area (Å²) in [4.78, 5) is 66.5. The minimum absolute atomic E-state index is 0.0360. The van der Waals surface area contributed by atoms with Crippen molar-refractivity contribution in [3.8, 4) is 0 Å². The van der Waals surface area contributed by atoms with Crippen molar-refractivity contribution < 1.29 is 47.7 Å². The minimum Gasteiger partial charge on any atom is -0.463 e. The van der Waals surface area contributed by atoms with Crippen molar-refractivity contribution in [2.24, 2.45) is 0 Å². The molecule has 1 aromatic rings. The van der Waals surface area contributed by atoms with Gasteiger partial charge in [0.25, 0.3) is 0 Å². The Morgan fingerprint density at radius 2 is 1.09 bits per heavy atom. The van der Waals surface area contributed by atoms with E-state index in [-0.39, 0.29) is 25.5 Å². The van der Waals surface area contributed by atoms with Gasteiger partial charge in [0, 0.05) is 33.7 Å². The van der Waals surface area contributed by atoms with Gasteiger partial charge in [-0.25, -0.2) is 4.79 Å². The molecule has 1 fully saturated rings. The van der Waals surface area contributed by atoms with Crippen molar-refractivity contribution in [2.75, 3.05) is 13.2 Å². The fraction of sp³-hybridized carbons (Fsp3) is 0.761. The van der Waals surface area contributed by atoms with Gasteiger partial charge in [-0.3, -0.25) is 19.2 Å². The minimum atomic E-state index is -1.31. The third kappa shape index (κ3) is 21.9. The second-order valence-electron chi connectivity index (χ2n) is 15.8. The summed E-state index contributed by atoms with van der Waals surface area (Å²) < 4.78 is 29.0. The summed E-state index contributed by atoms with van der Waals surface area (Å²) in [5.74, 6) is -2.16. The number of carbonyl (C=O) groups is 5. The molecule has 0 aromatic heterocycles. The third-order valence-electron chi connectivity index (χ3n) is 10.6. The Morgan fingerprint density at radius 1 is 0.603 bits per heavy atom. The van der Waals surface area contributed by atoms with Gasteiger partial charge in [-0.05, 0) is 18.4 Å². The fourth-order valence-electron chi connectivity index (χ4n) is 7.49. The highest BCUT2D eigenvalue weighted by molar-refractivity contribution is 5.77. The van der Waals surface area contributed by atoms with E-state index in [4.69, 9.17) is 23.7 Å². The summed E-state index contributed by atoms with van der Waals surface area (Å²) >= 11 is 0. The van der Waals surface area contributed by atoms with Gasteiger partial charge >= 0.3 is 24.0 Å². The maximum Gasteiger partial charge on any atom is 0.407 e. The number of hydrogen-bond donors (Lipinski definition) is 1. The lowest BCUT2D eigenvalue weighted by Crippen LogP contribution is -2.70. The van der Waals surface area contributed by atoms with Crippen LogP contribution in [0.1, 0.15) is 181 Å². The van der Waals surface area contributed by atoms with Crippen LogP contribution in [0.4, 0.5) is 4.79 Å². The molecule has 2 amide bonds. The molecule has 2 rings (SSSR count). The maximum atomic E-state index is 14.3. The van der Waals surface area contributed by atoms with Gasteiger partial charge in [0.1, 0.15) is 25.4 Å². The van der Waals surface area contributed by atoms with Gasteiger partial charge in [0.15, 0.2) is 18.4 Å². The van der Waals surface area contributed by atoms with Crippen molar-refractivity contribution >= 4 is 29.9 Å². The molecule has 1 aliphatic heterocycles. The Balaban J connectivity index is 2.32. The van der Waals surface area contributed by atoms with Crippen molar-refractivity contribution in [1.29, 1.82) is 0 Å². The highest BCUT2D eigenvalue weighted by Gasteiger charge is 2.53. The van der Waals surface area contributed by atoms with Crippen LogP contribution in [0.3, 0.4) is 0 Å². The summed E-state index contributed by atoms with van der Waals surface area (Å²) in [6, 6.07) is 7.96. The van der Waals surface area contributed by atoms with Crippen LogP contribution in [0.5, 0.6) is 0 Å². The highest BCUT2D eigenvalue weighted by atomic mass is 16.6. The summed E-state index contributed by atoms with van der Waals surface area (Å²) in [6.07, 6.45) is 18.3. The largest absolute Gasteiger partial charge is 0.463 e. The van der Waals surface area contributed by atoms with E-state index in [0.717, 1.165) is 44.1 Å². The molecule has 1 aromatic carbocycles. The SMILES string of the molecule is CCCCCCCCCCCCCCN(C(=O)CCCCCCCCCCC)[C@@H]1O[C@H](COC(C)=O)[C@@H](OC(C)=O)[C@H](OC(C)=O)[C@H]1NC(=O)OCc1ccccc1. The second-order valence-corrected chi connectivity index (χ2v) is 15.8. The zero-order chi connectivity index (χ0) is 42.4. The topological polar surface area (TPSA) is 147 Å². The molecule has 5 atom stereocenters. The highest BCUT2D eigenvalue weighted by Crippen LogP contribution is 2.30. The number of alkyl carbamates (subject to hydrolysis) is 1. The first-order valence-corrected chi connectivity index (χ1v) is 22.5. The molecule has 330 valence electrons. The number of nitrogens with one attached hydrogen (secondary N) is 1. The lowest BCUT2D eigenvalue weighted by molar-refractivity contribution is -0.245. The van der Waals surface area contributed by atoms with Crippen LogP contribution in [-0.4, -0.2) is 78.5 Å². The van der Waals surface area contributed by atoms with E-state index in [9.17, 15) is 24.0 Å². The summed E-state index contributed by atoms with van der Waals surface area (Å²) in [7, 11) is 0. The number of hydrogen-bond acceptors (Lipinski definition) is 10. The van der Waals surface area contributed by atoms with Crippen LogP contribution in [0.25, 0.3) is 0 Å². The Hall–Kier alpha value is -3.67.